The first-order valence-electron chi connectivity index (χ1n) is 7.24. The second-order valence-electron chi connectivity index (χ2n) is 5.15. The summed E-state index contributed by atoms with van der Waals surface area (Å²) >= 11 is 0. The minimum absolute atomic E-state index is 0.0338. The normalized spacial score (nSPS) is 10.6. The molecule has 0 saturated carbocycles. The molecule has 0 aliphatic heterocycles. The van der Waals surface area contributed by atoms with Crippen molar-refractivity contribution in [2.24, 2.45) is 0 Å². The van der Waals surface area contributed by atoms with Gasteiger partial charge >= 0.3 is 5.56 Å². The first kappa shape index (κ1) is 15.9. The number of halogens is 2. The molecule has 6 heteroatoms. The van der Waals surface area contributed by atoms with Crippen molar-refractivity contribution in [2.75, 3.05) is 7.11 Å². The average molecular weight is 328 g/mol. The number of nitrogens with zero attached hydrogens (tertiary/aromatic N) is 2. The van der Waals surface area contributed by atoms with Crippen molar-refractivity contribution < 1.29 is 13.5 Å². The van der Waals surface area contributed by atoms with Gasteiger partial charge in [0.2, 0.25) is 5.75 Å². The maximum absolute atomic E-state index is 14.2. The fourth-order valence-electron chi connectivity index (χ4n) is 2.41. The summed E-state index contributed by atoms with van der Waals surface area (Å²) in [6.45, 7) is 0.329. The Balaban J connectivity index is 2.19. The summed E-state index contributed by atoms with van der Waals surface area (Å²) in [6.07, 6.45) is 1.45. The van der Waals surface area contributed by atoms with Crippen molar-refractivity contribution in [1.29, 1.82) is 0 Å². The lowest BCUT2D eigenvalue weighted by molar-refractivity contribution is 0.402. The van der Waals surface area contributed by atoms with Crippen LogP contribution < -0.4 is 10.3 Å². The predicted molar refractivity (Wildman–Crippen MR) is 85.9 cm³/mol. The zero-order valence-electron chi connectivity index (χ0n) is 12.9. The van der Waals surface area contributed by atoms with Gasteiger partial charge < -0.3 is 9.30 Å². The maximum atomic E-state index is 14.2. The Hall–Kier alpha value is -3.02. The van der Waals surface area contributed by atoms with Crippen molar-refractivity contribution in [3.63, 3.8) is 0 Å². The Morgan fingerprint density at radius 2 is 1.83 bits per heavy atom. The van der Waals surface area contributed by atoms with Crippen LogP contribution in [0.1, 0.15) is 5.56 Å². The minimum Gasteiger partial charge on any atom is -0.490 e. The second-order valence-corrected chi connectivity index (χ2v) is 5.15. The number of hydrogen-bond acceptors (Lipinski definition) is 3. The van der Waals surface area contributed by atoms with Crippen molar-refractivity contribution >= 4 is 0 Å². The topological polar surface area (TPSA) is 44.1 Å². The van der Waals surface area contributed by atoms with Gasteiger partial charge in [0, 0.05) is 6.54 Å². The third kappa shape index (κ3) is 3.03. The third-order valence-corrected chi connectivity index (χ3v) is 3.57. The quantitative estimate of drug-likeness (QED) is 0.738. The van der Waals surface area contributed by atoms with Crippen LogP contribution >= 0.6 is 0 Å². The number of hydrogen-bond donors (Lipinski definition) is 0. The average Bonchev–Trinajstić information content (AvgIpc) is 2.59. The molecule has 0 unspecified atom stereocenters. The monoisotopic (exact) mass is 328 g/mol. The standard InChI is InChI=1S/C18H14F2N2O2/c1-24-15-11-22(10-12-6-3-2-4-7-12)17(21-18(15)23)13-8-5-9-14(19)16(13)20/h2-9,11H,10H2,1H3. The molecule has 0 bridgehead atoms. The van der Waals surface area contributed by atoms with Crippen molar-refractivity contribution in [2.45, 2.75) is 6.54 Å². The van der Waals surface area contributed by atoms with Gasteiger partial charge in [0.15, 0.2) is 11.6 Å². The van der Waals surface area contributed by atoms with Gasteiger partial charge in [-0.1, -0.05) is 36.4 Å². The number of methoxy groups -OCH3 is 1. The minimum atomic E-state index is -1.05. The van der Waals surface area contributed by atoms with E-state index in [1.165, 1.54) is 25.4 Å². The van der Waals surface area contributed by atoms with Crippen LogP contribution in [0.25, 0.3) is 11.4 Å². The van der Waals surface area contributed by atoms with Gasteiger partial charge in [0.05, 0.1) is 18.9 Å². The predicted octanol–water partition coefficient (Wildman–Crippen LogP) is 3.25. The molecule has 0 aliphatic carbocycles. The molecule has 1 aromatic heterocycles. The molecular weight excluding hydrogens is 314 g/mol. The van der Waals surface area contributed by atoms with E-state index in [0.29, 0.717) is 6.54 Å². The van der Waals surface area contributed by atoms with Crippen molar-refractivity contribution in [1.82, 2.24) is 9.55 Å². The second kappa shape index (κ2) is 6.62. The van der Waals surface area contributed by atoms with Crippen LogP contribution in [-0.2, 0) is 6.54 Å². The van der Waals surface area contributed by atoms with Crippen LogP contribution in [0.15, 0.2) is 59.5 Å². The Morgan fingerprint density at radius 1 is 1.08 bits per heavy atom. The highest BCUT2D eigenvalue weighted by Crippen LogP contribution is 2.23. The highest BCUT2D eigenvalue weighted by atomic mass is 19.2. The summed E-state index contributed by atoms with van der Waals surface area (Å²) < 4.78 is 34.3. The number of ether oxygens (including phenoxy) is 1. The van der Waals surface area contributed by atoms with E-state index in [1.54, 1.807) is 4.57 Å². The van der Waals surface area contributed by atoms with E-state index in [9.17, 15) is 13.6 Å². The van der Waals surface area contributed by atoms with Crippen LogP contribution in [0, 0.1) is 11.6 Å². The third-order valence-electron chi connectivity index (χ3n) is 3.57. The fourth-order valence-corrected chi connectivity index (χ4v) is 2.41. The molecule has 0 radical (unpaired) electrons. The molecular formula is C18H14F2N2O2. The lowest BCUT2D eigenvalue weighted by atomic mass is 10.1. The van der Waals surface area contributed by atoms with E-state index < -0.39 is 17.2 Å². The first-order chi connectivity index (χ1) is 11.6. The summed E-state index contributed by atoms with van der Waals surface area (Å²) in [6, 6.07) is 13.1. The Bertz CT molecular complexity index is 924. The molecule has 0 spiro atoms. The Kier molecular flexibility index (Phi) is 4.37. The van der Waals surface area contributed by atoms with Crippen LogP contribution in [0.2, 0.25) is 0 Å². The van der Waals surface area contributed by atoms with Crippen molar-refractivity contribution in [3.8, 4) is 17.1 Å². The summed E-state index contributed by atoms with van der Waals surface area (Å²) in [7, 11) is 1.35. The molecule has 24 heavy (non-hydrogen) atoms. The van der Waals surface area contributed by atoms with Gasteiger partial charge in [0.25, 0.3) is 0 Å². The number of benzene rings is 2. The highest BCUT2D eigenvalue weighted by Gasteiger charge is 2.17. The molecule has 122 valence electrons. The van der Waals surface area contributed by atoms with E-state index in [0.717, 1.165) is 11.6 Å². The SMILES string of the molecule is COc1cn(Cc2ccccc2)c(-c2cccc(F)c2F)nc1=O. The largest absolute Gasteiger partial charge is 0.490 e. The molecule has 0 amide bonds. The highest BCUT2D eigenvalue weighted by molar-refractivity contribution is 5.57. The molecule has 0 saturated heterocycles. The summed E-state index contributed by atoms with van der Waals surface area (Å²) in [4.78, 5) is 15.9. The molecule has 2 aromatic carbocycles. The van der Waals surface area contributed by atoms with Crippen LogP contribution in [0.3, 0.4) is 0 Å². The molecule has 0 atom stereocenters. The lowest BCUT2D eigenvalue weighted by Gasteiger charge is -2.14. The molecule has 3 aromatic rings. The molecule has 0 fully saturated rings. The van der Waals surface area contributed by atoms with Crippen molar-refractivity contribution in [3.05, 3.63) is 82.3 Å². The smallest absolute Gasteiger partial charge is 0.315 e. The Morgan fingerprint density at radius 3 is 2.54 bits per heavy atom. The fraction of sp³-hybridized carbons (Fsp3) is 0.111. The summed E-state index contributed by atoms with van der Waals surface area (Å²) in [5.41, 5.74) is 0.203. The lowest BCUT2D eigenvalue weighted by Crippen LogP contribution is -2.18. The van der Waals surface area contributed by atoms with Gasteiger partial charge in [0.1, 0.15) is 5.82 Å². The summed E-state index contributed by atoms with van der Waals surface area (Å²) in [5.74, 6) is -1.96. The molecule has 3 rings (SSSR count). The number of aromatic nitrogens is 2. The molecule has 0 N–H and O–H groups in total. The molecule has 1 heterocycles. The van der Waals surface area contributed by atoms with Gasteiger partial charge in [-0.05, 0) is 17.7 Å². The van der Waals surface area contributed by atoms with Crippen LogP contribution in [0.4, 0.5) is 8.78 Å². The molecule has 0 aliphatic rings. The van der Waals surface area contributed by atoms with E-state index in [-0.39, 0.29) is 17.1 Å². The van der Waals surface area contributed by atoms with Gasteiger partial charge in [-0.15, -0.1) is 0 Å². The van der Waals surface area contributed by atoms with Gasteiger partial charge in [-0.2, -0.15) is 4.98 Å². The van der Waals surface area contributed by atoms with Crippen LogP contribution in [-0.4, -0.2) is 16.7 Å². The Labute approximate surface area is 137 Å². The number of rotatable bonds is 4. The van der Waals surface area contributed by atoms with E-state index in [1.807, 2.05) is 30.3 Å². The summed E-state index contributed by atoms with van der Waals surface area (Å²) in [5, 5.41) is 0. The van der Waals surface area contributed by atoms with E-state index in [4.69, 9.17) is 4.74 Å². The van der Waals surface area contributed by atoms with Gasteiger partial charge in [-0.3, -0.25) is 4.79 Å². The molecule has 4 nitrogen and oxygen atoms in total. The zero-order chi connectivity index (χ0) is 17.1. The first-order valence-corrected chi connectivity index (χ1v) is 7.24. The van der Waals surface area contributed by atoms with Crippen LogP contribution in [0.5, 0.6) is 5.75 Å². The zero-order valence-corrected chi connectivity index (χ0v) is 12.9. The van der Waals surface area contributed by atoms with Gasteiger partial charge in [-0.25, -0.2) is 8.78 Å². The maximum Gasteiger partial charge on any atom is 0.315 e. The van der Waals surface area contributed by atoms with E-state index in [2.05, 4.69) is 4.98 Å². The van der Waals surface area contributed by atoms with E-state index >= 15 is 0 Å².